The standard InChI is InChI=1S/C60H66N2O12/c63-55-41-9-3-11-43(55)37-47-15-6-16-48-38-44-12-4-10-42(56(44)64)36-46-14-5-13-45(35-41)59(46)73-33-29-69-25-23-67-27-31-71-53-21-7-17-49(57(53)65)39-61-51-19-1-2-20-52(51)62-40-50-18-8-22-54(58(50)66)72-32-28-68-24-26-70-30-34-74-60(47)48/h3-18,21-22,39-40,51-52,63-66H,1-2,19-20,23-38H2/t51-,52+. The number of fused-ring (bicyclic) bond motifs is 18. The zero-order valence-electron chi connectivity index (χ0n) is 41.8. The van der Waals surface area contributed by atoms with E-state index in [4.69, 9.17) is 47.9 Å². The van der Waals surface area contributed by atoms with Crippen molar-refractivity contribution < 1.29 is 58.3 Å². The molecule has 4 aliphatic rings. The fraction of sp³-hybridized carbons (Fsp3) is 0.367. The van der Waals surface area contributed by atoms with Crippen LogP contribution in [0.2, 0.25) is 0 Å². The summed E-state index contributed by atoms with van der Waals surface area (Å²) in [6.45, 7) is 3.50. The number of benzene rings is 6. The summed E-state index contributed by atoms with van der Waals surface area (Å²) in [5.41, 5.74) is 7.69. The van der Waals surface area contributed by atoms with Crippen molar-refractivity contribution in [2.24, 2.45) is 9.98 Å². The van der Waals surface area contributed by atoms with Gasteiger partial charge in [-0.1, -0.05) is 97.8 Å². The van der Waals surface area contributed by atoms with E-state index in [0.29, 0.717) is 99.4 Å². The summed E-state index contributed by atoms with van der Waals surface area (Å²) in [6, 6.07) is 34.2. The van der Waals surface area contributed by atoms with Crippen LogP contribution in [0.3, 0.4) is 0 Å². The van der Waals surface area contributed by atoms with Crippen molar-refractivity contribution in [1.82, 2.24) is 0 Å². The summed E-state index contributed by atoms with van der Waals surface area (Å²) in [5.74, 6) is 2.47. The van der Waals surface area contributed by atoms with E-state index in [2.05, 4.69) is 0 Å². The third kappa shape index (κ3) is 13.5. The minimum atomic E-state index is -0.0965. The highest BCUT2D eigenvalue weighted by Crippen LogP contribution is 2.39. The van der Waals surface area contributed by atoms with Crippen molar-refractivity contribution in [3.8, 4) is 46.0 Å². The molecule has 388 valence electrons. The van der Waals surface area contributed by atoms with Gasteiger partial charge in [-0.3, -0.25) is 9.98 Å². The largest absolute Gasteiger partial charge is 0.507 e. The van der Waals surface area contributed by atoms with Gasteiger partial charge in [0, 0.05) is 49.2 Å². The van der Waals surface area contributed by atoms with Gasteiger partial charge in [-0.2, -0.15) is 0 Å². The Balaban J connectivity index is 0.921. The number of aromatic hydroxyl groups is 4. The molecule has 6 aromatic carbocycles. The third-order valence-electron chi connectivity index (χ3n) is 13.5. The van der Waals surface area contributed by atoms with Crippen LogP contribution < -0.4 is 18.9 Å². The second-order valence-electron chi connectivity index (χ2n) is 18.6. The van der Waals surface area contributed by atoms with Gasteiger partial charge in [0.05, 0.1) is 64.9 Å². The van der Waals surface area contributed by atoms with Crippen molar-refractivity contribution in [1.29, 1.82) is 0 Å². The highest BCUT2D eigenvalue weighted by molar-refractivity contribution is 5.86. The number of phenols is 4. The van der Waals surface area contributed by atoms with E-state index in [1.54, 1.807) is 36.7 Å². The molecule has 0 saturated heterocycles. The summed E-state index contributed by atoms with van der Waals surface area (Å²) in [4.78, 5) is 9.76. The van der Waals surface area contributed by atoms with Gasteiger partial charge < -0.3 is 58.3 Å². The van der Waals surface area contributed by atoms with Gasteiger partial charge in [0.1, 0.15) is 49.4 Å². The number of phenolic OH excluding ortho intramolecular Hbond substituents is 4. The van der Waals surface area contributed by atoms with Crippen molar-refractivity contribution >= 4 is 12.4 Å². The minimum Gasteiger partial charge on any atom is -0.507 e. The zero-order valence-corrected chi connectivity index (χ0v) is 41.8. The van der Waals surface area contributed by atoms with Gasteiger partial charge in [-0.05, 0) is 81.6 Å². The average molecular weight is 1010 g/mol. The number of hydrogen-bond acceptors (Lipinski definition) is 14. The monoisotopic (exact) mass is 1010 g/mol. The lowest BCUT2D eigenvalue weighted by Crippen LogP contribution is -2.27. The Labute approximate surface area is 432 Å². The van der Waals surface area contributed by atoms with Crippen LogP contribution in [-0.2, 0) is 44.6 Å². The third-order valence-corrected chi connectivity index (χ3v) is 13.5. The smallest absolute Gasteiger partial charge is 0.166 e. The van der Waals surface area contributed by atoms with E-state index in [-0.39, 0.29) is 74.7 Å². The van der Waals surface area contributed by atoms with Crippen LogP contribution in [0.25, 0.3) is 0 Å². The Morgan fingerprint density at radius 2 is 0.622 bits per heavy atom. The molecular weight excluding hydrogens is 941 g/mol. The molecule has 1 saturated carbocycles. The molecule has 74 heavy (non-hydrogen) atoms. The molecule has 14 bridgehead atoms. The molecule has 14 nitrogen and oxygen atoms in total. The SMILES string of the molecule is Oc1c2cccc1Cc1cccc3c1OCCOCCOCCOc1cccc(c1O)C=N[C@@H]1CCCC[C@@H]1N=Cc1cccc(c1O)OCCOCCOCCOc1c(cccc1Cc1cccc(c1O)C3)C2. The fourth-order valence-corrected chi connectivity index (χ4v) is 9.67. The summed E-state index contributed by atoms with van der Waals surface area (Å²) >= 11 is 0. The Bertz CT molecular complexity index is 2590. The number of aliphatic imine (C=N–C) groups is 2. The van der Waals surface area contributed by atoms with Gasteiger partial charge in [-0.15, -0.1) is 0 Å². The highest BCUT2D eigenvalue weighted by Gasteiger charge is 2.25. The molecule has 2 aliphatic heterocycles. The molecule has 14 heteroatoms. The van der Waals surface area contributed by atoms with Crippen molar-refractivity contribution in [2.45, 2.75) is 63.5 Å². The van der Waals surface area contributed by atoms with Crippen LogP contribution in [-0.4, -0.2) is 124 Å². The van der Waals surface area contributed by atoms with Crippen molar-refractivity contribution in [3.63, 3.8) is 0 Å². The van der Waals surface area contributed by atoms with E-state index in [9.17, 15) is 20.4 Å². The normalized spacial score (nSPS) is 18.9. The predicted octanol–water partition coefficient (Wildman–Crippen LogP) is 9.33. The maximum absolute atomic E-state index is 11.9. The second-order valence-corrected chi connectivity index (χ2v) is 18.6. The van der Waals surface area contributed by atoms with E-state index < -0.39 is 0 Å². The molecule has 2 heterocycles. The maximum atomic E-state index is 11.9. The van der Waals surface area contributed by atoms with Crippen LogP contribution in [0.15, 0.2) is 119 Å². The molecule has 6 aromatic rings. The first kappa shape index (κ1) is 51.8. The van der Waals surface area contributed by atoms with Crippen LogP contribution in [0.5, 0.6) is 46.0 Å². The van der Waals surface area contributed by atoms with Gasteiger partial charge >= 0.3 is 0 Å². The van der Waals surface area contributed by atoms with E-state index in [0.717, 1.165) is 70.2 Å². The fourth-order valence-electron chi connectivity index (χ4n) is 9.67. The molecule has 10 rings (SSSR count). The molecule has 0 radical (unpaired) electrons. The highest BCUT2D eigenvalue weighted by atomic mass is 16.6. The lowest BCUT2D eigenvalue weighted by atomic mass is 9.91. The summed E-state index contributed by atoms with van der Waals surface area (Å²) in [5, 5.41) is 46.0. The summed E-state index contributed by atoms with van der Waals surface area (Å²) in [7, 11) is 0. The second kappa shape index (κ2) is 26.2. The van der Waals surface area contributed by atoms with Gasteiger partial charge in [0.25, 0.3) is 0 Å². The van der Waals surface area contributed by atoms with Crippen LogP contribution in [0.4, 0.5) is 0 Å². The molecular formula is C60H66N2O12. The van der Waals surface area contributed by atoms with Crippen LogP contribution >= 0.6 is 0 Å². The topological polar surface area (TPSA) is 179 Å². The Morgan fingerprint density at radius 3 is 0.973 bits per heavy atom. The van der Waals surface area contributed by atoms with E-state index in [1.165, 1.54) is 0 Å². The number of para-hydroxylation sites is 6. The summed E-state index contributed by atoms with van der Waals surface area (Å²) < 4.78 is 48.4. The average Bonchev–Trinajstić information content (AvgIpc) is 3.40. The molecule has 0 amide bonds. The first-order valence-electron chi connectivity index (χ1n) is 25.7. The summed E-state index contributed by atoms with van der Waals surface area (Å²) in [6.07, 6.45) is 8.76. The number of nitrogens with zero attached hydrogens (tertiary/aromatic N) is 2. The lowest BCUT2D eigenvalue weighted by Gasteiger charge is -2.25. The van der Waals surface area contributed by atoms with Crippen LogP contribution in [0, 0.1) is 0 Å². The minimum absolute atomic E-state index is 0.000414. The quantitative estimate of drug-likeness (QED) is 0.106. The van der Waals surface area contributed by atoms with E-state index in [1.807, 2.05) is 84.9 Å². The number of rotatable bonds is 0. The molecule has 4 N–H and O–H groups in total. The lowest BCUT2D eigenvalue weighted by molar-refractivity contribution is 0.0270. The Morgan fingerprint density at radius 1 is 0.324 bits per heavy atom. The molecule has 2 atom stereocenters. The first-order chi connectivity index (χ1) is 36.4. The molecule has 0 spiro atoms. The number of hydrogen-bond donors (Lipinski definition) is 4. The van der Waals surface area contributed by atoms with Crippen LogP contribution in [0.1, 0.15) is 81.3 Å². The first-order valence-corrected chi connectivity index (χ1v) is 25.7. The van der Waals surface area contributed by atoms with Crippen molar-refractivity contribution in [2.75, 3.05) is 79.3 Å². The van der Waals surface area contributed by atoms with Gasteiger partial charge in [0.15, 0.2) is 23.0 Å². The molecule has 0 unspecified atom stereocenters. The predicted molar refractivity (Wildman–Crippen MR) is 283 cm³/mol. The molecule has 0 aromatic heterocycles. The zero-order chi connectivity index (χ0) is 50.9. The molecule has 1 fully saturated rings. The van der Waals surface area contributed by atoms with Gasteiger partial charge in [0.2, 0.25) is 0 Å². The maximum Gasteiger partial charge on any atom is 0.166 e. The number of ether oxygens (including phenoxy) is 8. The Hall–Kier alpha value is -7.10. The Kier molecular flexibility index (Phi) is 18.3. The molecule has 2 aliphatic carbocycles. The van der Waals surface area contributed by atoms with Gasteiger partial charge in [-0.25, -0.2) is 0 Å². The van der Waals surface area contributed by atoms with Crippen molar-refractivity contribution in [3.05, 3.63) is 165 Å². The van der Waals surface area contributed by atoms with E-state index >= 15 is 0 Å².